The average molecular weight is 382 g/mol. The van der Waals surface area contributed by atoms with E-state index in [4.69, 9.17) is 4.74 Å². The first-order chi connectivity index (χ1) is 13.2. The SMILES string of the molecule is CC(CCc1ccccc1)NC(=O)Nc1ccccc1OCc1cscn1. The van der Waals surface area contributed by atoms with Gasteiger partial charge >= 0.3 is 6.03 Å². The van der Waals surface area contributed by atoms with Crippen molar-refractivity contribution in [2.24, 2.45) is 0 Å². The van der Waals surface area contributed by atoms with Gasteiger partial charge in [-0.25, -0.2) is 9.78 Å². The Kier molecular flexibility index (Phi) is 6.82. The molecule has 0 spiro atoms. The number of ether oxygens (including phenoxy) is 1. The average Bonchev–Trinajstić information content (AvgIpc) is 3.20. The molecule has 0 bridgehead atoms. The zero-order valence-electron chi connectivity index (χ0n) is 15.2. The number of thiazole rings is 1. The zero-order chi connectivity index (χ0) is 18.9. The Balaban J connectivity index is 1.49. The van der Waals surface area contributed by atoms with Crippen LogP contribution in [-0.4, -0.2) is 17.1 Å². The number of hydrogen-bond donors (Lipinski definition) is 2. The molecule has 0 aliphatic rings. The van der Waals surface area contributed by atoms with E-state index in [1.54, 1.807) is 5.51 Å². The third-order valence-electron chi connectivity index (χ3n) is 4.08. The molecule has 1 unspecified atom stereocenters. The topological polar surface area (TPSA) is 63.2 Å². The van der Waals surface area contributed by atoms with E-state index < -0.39 is 0 Å². The minimum atomic E-state index is -0.236. The molecule has 2 aromatic carbocycles. The van der Waals surface area contributed by atoms with Crippen molar-refractivity contribution in [3.8, 4) is 5.75 Å². The highest BCUT2D eigenvalue weighted by atomic mass is 32.1. The fourth-order valence-electron chi connectivity index (χ4n) is 2.64. The summed E-state index contributed by atoms with van der Waals surface area (Å²) < 4.78 is 5.79. The Morgan fingerprint density at radius 1 is 1.15 bits per heavy atom. The maximum atomic E-state index is 12.3. The van der Waals surface area contributed by atoms with Gasteiger partial charge in [0, 0.05) is 11.4 Å². The number of aromatic nitrogens is 1. The first-order valence-corrected chi connectivity index (χ1v) is 9.85. The van der Waals surface area contributed by atoms with Crippen LogP contribution in [0.25, 0.3) is 0 Å². The van der Waals surface area contributed by atoms with Crippen molar-refractivity contribution in [1.82, 2.24) is 10.3 Å². The van der Waals surface area contributed by atoms with Gasteiger partial charge in [0.1, 0.15) is 12.4 Å². The maximum Gasteiger partial charge on any atom is 0.319 e. The van der Waals surface area contributed by atoms with Gasteiger partial charge in [-0.1, -0.05) is 42.5 Å². The molecule has 1 aromatic heterocycles. The first kappa shape index (κ1) is 18.9. The molecule has 2 N–H and O–H groups in total. The van der Waals surface area contributed by atoms with E-state index in [-0.39, 0.29) is 12.1 Å². The van der Waals surface area contributed by atoms with Gasteiger partial charge in [-0.05, 0) is 37.5 Å². The number of nitrogens with one attached hydrogen (secondary N) is 2. The number of para-hydroxylation sites is 2. The molecule has 3 rings (SSSR count). The molecule has 1 heterocycles. The molecular formula is C21H23N3O2S. The van der Waals surface area contributed by atoms with Crippen LogP contribution in [0.1, 0.15) is 24.6 Å². The molecule has 0 aliphatic carbocycles. The van der Waals surface area contributed by atoms with Crippen molar-refractivity contribution < 1.29 is 9.53 Å². The van der Waals surface area contributed by atoms with Crippen molar-refractivity contribution in [2.45, 2.75) is 32.4 Å². The fourth-order valence-corrected chi connectivity index (χ4v) is 3.18. The predicted molar refractivity (Wildman–Crippen MR) is 109 cm³/mol. The number of urea groups is 1. The van der Waals surface area contributed by atoms with Crippen LogP contribution < -0.4 is 15.4 Å². The number of benzene rings is 2. The molecule has 1 atom stereocenters. The highest BCUT2D eigenvalue weighted by Gasteiger charge is 2.11. The zero-order valence-corrected chi connectivity index (χ0v) is 16.0. The number of carbonyl (C=O) groups is 1. The van der Waals surface area contributed by atoms with Gasteiger partial charge < -0.3 is 15.4 Å². The number of anilines is 1. The van der Waals surface area contributed by atoms with Crippen molar-refractivity contribution in [1.29, 1.82) is 0 Å². The number of aryl methyl sites for hydroxylation is 1. The van der Waals surface area contributed by atoms with Crippen molar-refractivity contribution >= 4 is 23.1 Å². The molecule has 6 heteroatoms. The van der Waals surface area contributed by atoms with E-state index in [2.05, 4.69) is 27.8 Å². The van der Waals surface area contributed by atoms with E-state index in [0.29, 0.717) is 18.0 Å². The van der Waals surface area contributed by atoms with Gasteiger partial charge in [0.2, 0.25) is 0 Å². The van der Waals surface area contributed by atoms with Crippen molar-refractivity contribution in [3.05, 3.63) is 76.7 Å². The lowest BCUT2D eigenvalue weighted by atomic mass is 10.1. The second-order valence-electron chi connectivity index (χ2n) is 6.29. The Hall–Kier alpha value is -2.86. The third-order valence-corrected chi connectivity index (χ3v) is 4.72. The van der Waals surface area contributed by atoms with Crippen molar-refractivity contribution in [3.63, 3.8) is 0 Å². The summed E-state index contributed by atoms with van der Waals surface area (Å²) >= 11 is 1.53. The molecule has 0 saturated heterocycles. The number of carbonyl (C=O) groups excluding carboxylic acids is 1. The third kappa shape index (κ3) is 6.11. The summed E-state index contributed by atoms with van der Waals surface area (Å²) in [5.74, 6) is 0.623. The predicted octanol–water partition coefficient (Wildman–Crippen LogP) is 4.86. The van der Waals surface area contributed by atoms with Crippen molar-refractivity contribution in [2.75, 3.05) is 5.32 Å². The highest BCUT2D eigenvalue weighted by Crippen LogP contribution is 2.24. The summed E-state index contributed by atoms with van der Waals surface area (Å²) in [5, 5.41) is 7.80. The molecule has 0 radical (unpaired) electrons. The minimum absolute atomic E-state index is 0.0632. The van der Waals surface area contributed by atoms with Gasteiger partial charge in [-0.2, -0.15) is 0 Å². The monoisotopic (exact) mass is 381 g/mol. The van der Waals surface area contributed by atoms with Crippen LogP contribution in [0.4, 0.5) is 10.5 Å². The molecule has 3 aromatic rings. The Morgan fingerprint density at radius 3 is 2.70 bits per heavy atom. The summed E-state index contributed by atoms with van der Waals surface area (Å²) in [7, 11) is 0. The van der Waals surface area contributed by atoms with E-state index in [1.807, 2.05) is 54.8 Å². The number of nitrogens with zero attached hydrogens (tertiary/aromatic N) is 1. The summed E-state index contributed by atoms with van der Waals surface area (Å²) in [6.07, 6.45) is 1.80. The molecule has 0 saturated carbocycles. The van der Waals surface area contributed by atoms with E-state index in [1.165, 1.54) is 16.9 Å². The van der Waals surface area contributed by atoms with Crippen LogP contribution in [0.15, 0.2) is 65.5 Å². The van der Waals surface area contributed by atoms with E-state index in [9.17, 15) is 4.79 Å². The standard InChI is InChI=1S/C21H23N3O2S/c1-16(11-12-17-7-3-2-4-8-17)23-21(25)24-19-9-5-6-10-20(19)26-13-18-14-27-15-22-18/h2-10,14-16H,11-13H2,1H3,(H2,23,24,25). The summed E-state index contributed by atoms with van der Waals surface area (Å²) in [6, 6.07) is 17.5. The summed E-state index contributed by atoms with van der Waals surface area (Å²) in [5.41, 5.74) is 4.55. The fraction of sp³-hybridized carbons (Fsp3) is 0.238. The Labute approximate surface area is 163 Å². The maximum absolute atomic E-state index is 12.3. The van der Waals surface area contributed by atoms with Gasteiger partial charge in [-0.3, -0.25) is 0 Å². The number of amides is 2. The van der Waals surface area contributed by atoms with Gasteiger partial charge in [0.15, 0.2) is 0 Å². The molecule has 0 fully saturated rings. The molecule has 0 aliphatic heterocycles. The smallest absolute Gasteiger partial charge is 0.319 e. The first-order valence-electron chi connectivity index (χ1n) is 8.91. The highest BCUT2D eigenvalue weighted by molar-refractivity contribution is 7.07. The minimum Gasteiger partial charge on any atom is -0.485 e. The Bertz CT molecular complexity index is 838. The Morgan fingerprint density at radius 2 is 1.93 bits per heavy atom. The van der Waals surface area contributed by atoms with Crippen LogP contribution in [0, 0.1) is 0 Å². The van der Waals surface area contributed by atoms with Crippen LogP contribution in [0.5, 0.6) is 5.75 Å². The lowest BCUT2D eigenvalue weighted by molar-refractivity contribution is 0.248. The van der Waals surface area contributed by atoms with Gasteiger partial charge in [-0.15, -0.1) is 11.3 Å². The van der Waals surface area contributed by atoms with E-state index >= 15 is 0 Å². The molecule has 5 nitrogen and oxygen atoms in total. The summed E-state index contributed by atoms with van der Waals surface area (Å²) in [6.45, 7) is 2.38. The number of hydrogen-bond acceptors (Lipinski definition) is 4. The van der Waals surface area contributed by atoms with E-state index in [0.717, 1.165) is 18.5 Å². The second kappa shape index (κ2) is 9.73. The molecule has 27 heavy (non-hydrogen) atoms. The second-order valence-corrected chi connectivity index (χ2v) is 7.01. The lowest BCUT2D eigenvalue weighted by Crippen LogP contribution is -2.36. The van der Waals surface area contributed by atoms with Gasteiger partial charge in [0.05, 0.1) is 16.9 Å². The number of rotatable bonds is 8. The quantitative estimate of drug-likeness (QED) is 0.585. The normalized spacial score (nSPS) is 11.6. The van der Waals surface area contributed by atoms with Crippen LogP contribution >= 0.6 is 11.3 Å². The van der Waals surface area contributed by atoms with Crippen LogP contribution in [-0.2, 0) is 13.0 Å². The molecular weight excluding hydrogens is 358 g/mol. The van der Waals surface area contributed by atoms with Crippen LogP contribution in [0.2, 0.25) is 0 Å². The molecule has 2 amide bonds. The van der Waals surface area contributed by atoms with Crippen LogP contribution in [0.3, 0.4) is 0 Å². The lowest BCUT2D eigenvalue weighted by Gasteiger charge is -2.16. The summed E-state index contributed by atoms with van der Waals surface area (Å²) in [4.78, 5) is 16.5. The molecule has 140 valence electrons. The largest absolute Gasteiger partial charge is 0.485 e. The van der Waals surface area contributed by atoms with Gasteiger partial charge in [0.25, 0.3) is 0 Å².